The number of carbonyl (C=O) groups is 1. The van der Waals surface area contributed by atoms with Crippen molar-refractivity contribution < 1.29 is 18.3 Å². The first kappa shape index (κ1) is 23.8. The van der Waals surface area contributed by atoms with E-state index in [1.165, 1.54) is 5.56 Å². The van der Waals surface area contributed by atoms with Crippen LogP contribution in [0.25, 0.3) is 0 Å². The number of hydrogen-bond acceptors (Lipinski definition) is 4. The van der Waals surface area contributed by atoms with Gasteiger partial charge in [-0.15, -0.1) is 0 Å². The lowest BCUT2D eigenvalue weighted by Crippen LogP contribution is -2.46. The van der Waals surface area contributed by atoms with Gasteiger partial charge in [0.2, 0.25) is 15.9 Å². The van der Waals surface area contributed by atoms with Crippen molar-refractivity contribution in [2.45, 2.75) is 57.3 Å². The molecule has 6 nitrogen and oxygen atoms in total. The highest BCUT2D eigenvalue weighted by molar-refractivity contribution is 7.89. The fourth-order valence-corrected chi connectivity index (χ4v) is 7.37. The summed E-state index contributed by atoms with van der Waals surface area (Å²) >= 11 is 0. The average Bonchev–Trinajstić information content (AvgIpc) is 2.78. The molecule has 0 saturated carbocycles. The number of hydrogen-bond donors (Lipinski definition) is 1. The summed E-state index contributed by atoms with van der Waals surface area (Å²) in [5.74, 6) is 0.732. The average molecular weight is 471 g/mol. The number of sulfonamides is 1. The normalized spacial score (nSPS) is 19.1. The van der Waals surface area contributed by atoms with Crippen molar-refractivity contribution in [2.24, 2.45) is 5.92 Å². The van der Waals surface area contributed by atoms with Crippen molar-refractivity contribution in [1.82, 2.24) is 9.21 Å². The molecule has 0 radical (unpaired) electrons. The predicted molar refractivity (Wildman–Crippen MR) is 129 cm³/mol. The summed E-state index contributed by atoms with van der Waals surface area (Å²) in [6.45, 7) is 7.90. The molecule has 1 N–H and O–H groups in total. The van der Waals surface area contributed by atoms with E-state index in [-0.39, 0.29) is 17.6 Å². The predicted octanol–water partition coefficient (Wildman–Crippen LogP) is 4.12. The summed E-state index contributed by atoms with van der Waals surface area (Å²) in [6, 6.07) is 11.2. The lowest BCUT2D eigenvalue weighted by Gasteiger charge is -2.37. The number of carbonyl (C=O) groups excluding carboxylic acids is 1. The fraction of sp³-hybridized carbons (Fsp3) is 0.500. The Kier molecular flexibility index (Phi) is 6.82. The molecule has 2 aromatic carbocycles. The first-order valence-corrected chi connectivity index (χ1v) is 13.3. The van der Waals surface area contributed by atoms with E-state index in [4.69, 9.17) is 0 Å². The standard InChI is InChI=1S/C26H34N2O4S/c1-18-16-19(2)25(20(3)17-18)33(31,32)28-14-10-23(11-15-28)26(30)27-12-8-22(9-13-27)21-4-6-24(29)7-5-21/h4-7,16-17,22-23,29H,8-15H2,1-3H3. The molecule has 2 fully saturated rings. The van der Waals surface area contributed by atoms with Gasteiger partial charge in [0.15, 0.2) is 0 Å². The van der Waals surface area contributed by atoms with Crippen LogP contribution in [0.15, 0.2) is 41.3 Å². The topological polar surface area (TPSA) is 77.9 Å². The summed E-state index contributed by atoms with van der Waals surface area (Å²) in [4.78, 5) is 15.5. The van der Waals surface area contributed by atoms with Crippen LogP contribution in [0.4, 0.5) is 0 Å². The highest BCUT2D eigenvalue weighted by Gasteiger charge is 2.36. The number of phenols is 1. The summed E-state index contributed by atoms with van der Waals surface area (Å²) in [5, 5.41) is 9.49. The highest BCUT2D eigenvalue weighted by Crippen LogP contribution is 2.32. The Hall–Kier alpha value is -2.38. The molecule has 7 heteroatoms. The number of aromatic hydroxyl groups is 1. The second kappa shape index (κ2) is 9.47. The Balaban J connectivity index is 1.34. The molecule has 4 rings (SSSR count). The molecular formula is C26H34N2O4S. The third kappa shape index (κ3) is 4.94. The van der Waals surface area contributed by atoms with Crippen molar-refractivity contribution >= 4 is 15.9 Å². The third-order valence-corrected chi connectivity index (χ3v) is 9.38. The van der Waals surface area contributed by atoms with E-state index < -0.39 is 10.0 Å². The van der Waals surface area contributed by atoms with Crippen LogP contribution < -0.4 is 0 Å². The quantitative estimate of drug-likeness (QED) is 0.729. The van der Waals surface area contributed by atoms with E-state index in [1.54, 1.807) is 16.4 Å². The minimum atomic E-state index is -3.56. The van der Waals surface area contributed by atoms with E-state index in [2.05, 4.69) is 0 Å². The molecule has 0 bridgehead atoms. The Morgan fingerprint density at radius 2 is 1.42 bits per heavy atom. The number of piperidine rings is 2. The van der Waals surface area contributed by atoms with Crippen LogP contribution in [0.1, 0.15) is 53.9 Å². The maximum atomic E-state index is 13.3. The lowest BCUT2D eigenvalue weighted by atomic mass is 9.88. The number of aryl methyl sites for hydroxylation is 3. The Labute approximate surface area is 197 Å². The van der Waals surface area contributed by atoms with Crippen molar-refractivity contribution in [3.63, 3.8) is 0 Å². The molecule has 0 unspecified atom stereocenters. The van der Waals surface area contributed by atoms with Crippen molar-refractivity contribution in [3.8, 4) is 5.75 Å². The SMILES string of the molecule is Cc1cc(C)c(S(=O)(=O)N2CCC(C(=O)N3CCC(c4ccc(O)cc4)CC3)CC2)c(C)c1. The van der Waals surface area contributed by atoms with E-state index in [0.717, 1.165) is 42.6 Å². The number of amides is 1. The zero-order valence-electron chi connectivity index (χ0n) is 19.8. The van der Waals surface area contributed by atoms with E-state index in [0.29, 0.717) is 36.7 Å². The second-order valence-electron chi connectivity index (χ2n) is 9.60. The summed E-state index contributed by atoms with van der Waals surface area (Å²) < 4.78 is 28.2. The van der Waals surface area contributed by atoms with Crippen LogP contribution in [-0.4, -0.2) is 54.8 Å². The summed E-state index contributed by atoms with van der Waals surface area (Å²) in [6.07, 6.45) is 2.96. The molecule has 1 amide bonds. The molecule has 0 aliphatic carbocycles. The van der Waals surface area contributed by atoms with Crippen LogP contribution in [0.3, 0.4) is 0 Å². The second-order valence-corrected chi connectivity index (χ2v) is 11.5. The molecule has 0 atom stereocenters. The molecule has 2 aliphatic heterocycles. The maximum absolute atomic E-state index is 13.3. The number of phenolic OH excluding ortho intramolecular Hbond substituents is 1. The zero-order chi connectivity index (χ0) is 23.8. The van der Waals surface area contributed by atoms with Gasteiger partial charge in [0, 0.05) is 32.1 Å². The van der Waals surface area contributed by atoms with Crippen LogP contribution in [0.5, 0.6) is 5.75 Å². The molecular weight excluding hydrogens is 436 g/mol. The van der Waals surface area contributed by atoms with E-state index in [1.807, 2.05) is 49.9 Å². The zero-order valence-corrected chi connectivity index (χ0v) is 20.6. The van der Waals surface area contributed by atoms with Crippen molar-refractivity contribution in [2.75, 3.05) is 26.2 Å². The van der Waals surface area contributed by atoms with Gasteiger partial charge in [0.1, 0.15) is 5.75 Å². The van der Waals surface area contributed by atoms with Crippen molar-refractivity contribution in [3.05, 3.63) is 58.7 Å². The molecule has 33 heavy (non-hydrogen) atoms. The number of rotatable bonds is 4. The number of likely N-dealkylation sites (tertiary alicyclic amines) is 1. The fourth-order valence-electron chi connectivity index (χ4n) is 5.48. The van der Waals surface area contributed by atoms with Gasteiger partial charge in [0.25, 0.3) is 0 Å². The number of benzene rings is 2. The molecule has 0 spiro atoms. The molecule has 2 aliphatic rings. The maximum Gasteiger partial charge on any atom is 0.243 e. The minimum Gasteiger partial charge on any atom is -0.508 e. The first-order chi connectivity index (χ1) is 15.7. The largest absolute Gasteiger partial charge is 0.508 e. The first-order valence-electron chi connectivity index (χ1n) is 11.8. The Morgan fingerprint density at radius 1 is 0.879 bits per heavy atom. The van der Waals surface area contributed by atoms with Gasteiger partial charge in [-0.05, 0) is 81.2 Å². The summed E-state index contributed by atoms with van der Waals surface area (Å²) in [7, 11) is -3.56. The molecule has 2 saturated heterocycles. The van der Waals surface area contributed by atoms with E-state index >= 15 is 0 Å². The van der Waals surface area contributed by atoms with Gasteiger partial charge in [-0.25, -0.2) is 8.42 Å². The van der Waals surface area contributed by atoms with Crippen molar-refractivity contribution in [1.29, 1.82) is 0 Å². The van der Waals surface area contributed by atoms with Gasteiger partial charge in [-0.3, -0.25) is 4.79 Å². The summed E-state index contributed by atoms with van der Waals surface area (Å²) in [5.41, 5.74) is 3.83. The highest BCUT2D eigenvalue weighted by atomic mass is 32.2. The van der Waals surface area contributed by atoms with Gasteiger partial charge in [-0.2, -0.15) is 4.31 Å². The monoisotopic (exact) mass is 470 g/mol. The smallest absolute Gasteiger partial charge is 0.243 e. The molecule has 0 aromatic heterocycles. The van der Waals surface area contributed by atoms with Gasteiger partial charge in [-0.1, -0.05) is 29.8 Å². The lowest BCUT2D eigenvalue weighted by molar-refractivity contribution is -0.137. The van der Waals surface area contributed by atoms with Crippen LogP contribution >= 0.6 is 0 Å². The minimum absolute atomic E-state index is 0.109. The van der Waals surface area contributed by atoms with Gasteiger partial charge >= 0.3 is 0 Å². The van der Waals surface area contributed by atoms with Crippen LogP contribution in [0.2, 0.25) is 0 Å². The number of nitrogens with zero attached hydrogens (tertiary/aromatic N) is 2. The van der Waals surface area contributed by atoms with Crippen LogP contribution in [-0.2, 0) is 14.8 Å². The Bertz CT molecular complexity index is 1090. The molecule has 2 aromatic rings. The molecule has 2 heterocycles. The van der Waals surface area contributed by atoms with E-state index in [9.17, 15) is 18.3 Å². The molecule has 178 valence electrons. The van der Waals surface area contributed by atoms with Gasteiger partial charge in [0.05, 0.1) is 4.90 Å². The third-order valence-electron chi connectivity index (χ3n) is 7.18. The Morgan fingerprint density at radius 3 is 1.97 bits per heavy atom. The van der Waals surface area contributed by atoms with Gasteiger partial charge < -0.3 is 10.0 Å². The van der Waals surface area contributed by atoms with Crippen LogP contribution in [0, 0.1) is 26.7 Å².